The summed E-state index contributed by atoms with van der Waals surface area (Å²) in [6, 6.07) is 14.1. The molecule has 0 amide bonds. The van der Waals surface area contributed by atoms with Gasteiger partial charge in [-0.25, -0.2) is 0 Å². The third-order valence-corrected chi connectivity index (χ3v) is 4.98. The van der Waals surface area contributed by atoms with E-state index in [4.69, 9.17) is 11.1 Å². The highest BCUT2D eigenvalue weighted by Crippen LogP contribution is 2.36. The quantitative estimate of drug-likeness (QED) is 0.260. The molecule has 1 aliphatic rings. The highest BCUT2D eigenvalue weighted by atomic mass is 16.3. The second kappa shape index (κ2) is 10.1. The third-order valence-electron chi connectivity index (χ3n) is 4.98. The first kappa shape index (κ1) is 20.9. The van der Waals surface area contributed by atoms with Crippen LogP contribution in [0.2, 0.25) is 0 Å². The fourth-order valence-corrected chi connectivity index (χ4v) is 3.59. The highest BCUT2D eigenvalue weighted by Gasteiger charge is 2.27. The van der Waals surface area contributed by atoms with Crippen LogP contribution in [0.5, 0.6) is 0 Å². The summed E-state index contributed by atoms with van der Waals surface area (Å²) >= 11 is 0. The summed E-state index contributed by atoms with van der Waals surface area (Å²) < 4.78 is 0. The molecule has 8 heteroatoms. The van der Waals surface area contributed by atoms with Crippen molar-refractivity contribution in [2.45, 2.75) is 19.3 Å². The van der Waals surface area contributed by atoms with Crippen molar-refractivity contribution in [3.63, 3.8) is 0 Å². The first-order chi connectivity index (χ1) is 14.7. The number of Topliss-reactive ketones (excluding diaryl/α,β-unsaturated/α-hetero) is 1. The zero-order valence-corrected chi connectivity index (χ0v) is 16.2. The molecule has 1 saturated carbocycles. The van der Waals surface area contributed by atoms with Gasteiger partial charge in [0.25, 0.3) is 0 Å². The van der Waals surface area contributed by atoms with Crippen molar-refractivity contribution in [3.8, 4) is 0 Å². The van der Waals surface area contributed by atoms with E-state index in [9.17, 15) is 9.90 Å². The third kappa shape index (κ3) is 4.96. The number of azide groups is 2. The fourth-order valence-electron chi connectivity index (χ4n) is 3.59. The van der Waals surface area contributed by atoms with E-state index in [-0.39, 0.29) is 18.3 Å². The summed E-state index contributed by atoms with van der Waals surface area (Å²) in [4.78, 5) is 18.9. The molecule has 0 heterocycles. The number of carbonyl (C=O) groups excluding carboxylic acids is 1. The van der Waals surface area contributed by atoms with E-state index in [1.165, 1.54) is 0 Å². The van der Waals surface area contributed by atoms with Gasteiger partial charge in [0, 0.05) is 39.0 Å². The number of carbonyl (C=O) groups is 1. The molecule has 0 unspecified atom stereocenters. The van der Waals surface area contributed by atoms with Gasteiger partial charge in [-0.15, -0.1) is 0 Å². The Morgan fingerprint density at radius 2 is 1.37 bits per heavy atom. The Morgan fingerprint density at radius 3 is 1.80 bits per heavy atom. The largest absolute Gasteiger partial charge is 0.396 e. The molecule has 3 rings (SSSR count). The van der Waals surface area contributed by atoms with E-state index >= 15 is 0 Å². The predicted octanol–water partition coefficient (Wildman–Crippen LogP) is 6.40. The molecule has 0 radical (unpaired) electrons. The van der Waals surface area contributed by atoms with Crippen molar-refractivity contribution in [1.82, 2.24) is 0 Å². The molecule has 0 aromatic heterocycles. The molecule has 0 atom stereocenters. The Morgan fingerprint density at radius 1 is 0.900 bits per heavy atom. The zero-order chi connectivity index (χ0) is 21.3. The van der Waals surface area contributed by atoms with Crippen molar-refractivity contribution in [2.24, 2.45) is 16.1 Å². The number of nitrogens with zero attached hydrogens (tertiary/aromatic N) is 6. The summed E-state index contributed by atoms with van der Waals surface area (Å²) in [5.74, 6) is -0.000805. The van der Waals surface area contributed by atoms with Crippen molar-refractivity contribution in [3.05, 3.63) is 91.7 Å². The molecule has 30 heavy (non-hydrogen) atoms. The number of aliphatic hydroxyl groups excluding tert-OH is 1. The van der Waals surface area contributed by atoms with Crippen LogP contribution >= 0.6 is 0 Å². The van der Waals surface area contributed by atoms with Crippen molar-refractivity contribution >= 4 is 29.3 Å². The van der Waals surface area contributed by atoms with Gasteiger partial charge in [0.05, 0.1) is 0 Å². The van der Waals surface area contributed by atoms with Gasteiger partial charge in [0.2, 0.25) is 0 Å². The monoisotopic (exact) mass is 400 g/mol. The number of hydrogen-bond donors (Lipinski definition) is 1. The van der Waals surface area contributed by atoms with Gasteiger partial charge in [-0.1, -0.05) is 58.8 Å². The summed E-state index contributed by atoms with van der Waals surface area (Å²) in [5, 5.41) is 16.8. The average Bonchev–Trinajstić information content (AvgIpc) is 2.74. The van der Waals surface area contributed by atoms with Gasteiger partial charge in [-0.05, 0) is 59.5 Å². The van der Waals surface area contributed by atoms with Crippen molar-refractivity contribution < 1.29 is 9.90 Å². The van der Waals surface area contributed by atoms with Crippen LogP contribution in [0, 0.1) is 5.92 Å². The normalized spacial score (nSPS) is 18.7. The van der Waals surface area contributed by atoms with Crippen LogP contribution in [-0.2, 0) is 4.79 Å². The number of rotatable bonds is 6. The number of ketones is 1. The maximum Gasteiger partial charge on any atom is 0.185 e. The lowest BCUT2D eigenvalue weighted by Crippen LogP contribution is -2.20. The molecular weight excluding hydrogens is 380 g/mol. The van der Waals surface area contributed by atoms with Crippen LogP contribution in [0.4, 0.5) is 11.4 Å². The van der Waals surface area contributed by atoms with Crippen LogP contribution in [0.25, 0.3) is 33.0 Å². The standard InChI is InChI=1S/C22H20N6O2/c23-27-25-20-7-3-1-5-16(20)13-18-11-15(9-10-29)12-19(22(18)30)14-17-6-2-4-8-21(17)26-28-24/h1-8,13-15,29H,9-12H2/b18-13+,19-14+. The Hall–Kier alpha value is -3.83. The molecular formula is C22H20N6O2. The first-order valence-electron chi connectivity index (χ1n) is 9.51. The van der Waals surface area contributed by atoms with E-state index in [2.05, 4.69) is 20.1 Å². The number of hydrogen-bond acceptors (Lipinski definition) is 4. The number of aliphatic hydroxyl groups is 1. The molecule has 1 aliphatic carbocycles. The first-order valence-corrected chi connectivity index (χ1v) is 9.51. The van der Waals surface area contributed by atoms with E-state index in [0.29, 0.717) is 52.9 Å². The molecule has 0 saturated heterocycles. The Labute approximate surface area is 173 Å². The minimum Gasteiger partial charge on any atom is -0.396 e. The van der Waals surface area contributed by atoms with Crippen LogP contribution in [-0.4, -0.2) is 17.5 Å². The zero-order valence-electron chi connectivity index (χ0n) is 16.2. The Balaban J connectivity index is 2.05. The number of allylic oxidation sites excluding steroid dienone is 2. The lowest BCUT2D eigenvalue weighted by molar-refractivity contribution is -0.113. The lowest BCUT2D eigenvalue weighted by Gasteiger charge is -2.25. The van der Waals surface area contributed by atoms with Crippen LogP contribution < -0.4 is 0 Å². The second-order valence-electron chi connectivity index (χ2n) is 6.95. The maximum absolute atomic E-state index is 13.2. The van der Waals surface area contributed by atoms with Crippen LogP contribution in [0.15, 0.2) is 69.9 Å². The molecule has 2 aromatic rings. The summed E-state index contributed by atoms with van der Waals surface area (Å²) in [5.41, 5.74) is 21.0. The van der Waals surface area contributed by atoms with E-state index in [1.54, 1.807) is 48.6 Å². The smallest absolute Gasteiger partial charge is 0.185 e. The van der Waals surface area contributed by atoms with Gasteiger partial charge < -0.3 is 5.11 Å². The molecule has 1 fully saturated rings. The maximum atomic E-state index is 13.2. The van der Waals surface area contributed by atoms with Crippen LogP contribution in [0.1, 0.15) is 30.4 Å². The Kier molecular flexibility index (Phi) is 7.03. The van der Waals surface area contributed by atoms with Crippen LogP contribution in [0.3, 0.4) is 0 Å². The fraction of sp³-hybridized carbons (Fsp3) is 0.227. The molecule has 150 valence electrons. The summed E-state index contributed by atoms with van der Waals surface area (Å²) in [6.45, 7) is 0.0318. The SMILES string of the molecule is [N-]=[N+]=Nc1ccccc1/C=C1\CC(CCO)C/C(=C\c2ccccc2N=[N+]=[N-])C1=O. The second-order valence-corrected chi connectivity index (χ2v) is 6.95. The molecule has 1 N–H and O–H groups in total. The van der Waals surface area contributed by atoms with Crippen molar-refractivity contribution in [1.29, 1.82) is 0 Å². The van der Waals surface area contributed by atoms with Crippen molar-refractivity contribution in [2.75, 3.05) is 6.61 Å². The Bertz CT molecular complexity index is 1020. The lowest BCUT2D eigenvalue weighted by atomic mass is 9.78. The topological polar surface area (TPSA) is 135 Å². The van der Waals surface area contributed by atoms with E-state index < -0.39 is 0 Å². The van der Waals surface area contributed by atoms with Gasteiger partial charge in [-0.3, -0.25) is 4.79 Å². The summed E-state index contributed by atoms with van der Waals surface area (Å²) in [6.07, 6.45) is 5.13. The van der Waals surface area contributed by atoms with Gasteiger partial charge in [0.1, 0.15) is 0 Å². The molecule has 8 nitrogen and oxygen atoms in total. The van der Waals surface area contributed by atoms with Gasteiger partial charge in [0.15, 0.2) is 5.78 Å². The number of benzene rings is 2. The molecule has 2 aromatic carbocycles. The summed E-state index contributed by atoms with van der Waals surface area (Å²) in [7, 11) is 0. The molecule has 0 bridgehead atoms. The highest BCUT2D eigenvalue weighted by molar-refractivity contribution is 6.14. The minimum absolute atomic E-state index is 0.0318. The molecule has 0 spiro atoms. The molecule has 0 aliphatic heterocycles. The minimum atomic E-state index is -0.101. The van der Waals surface area contributed by atoms with Gasteiger partial charge >= 0.3 is 0 Å². The predicted molar refractivity (Wildman–Crippen MR) is 116 cm³/mol. The average molecular weight is 400 g/mol. The van der Waals surface area contributed by atoms with Gasteiger partial charge in [-0.2, -0.15) is 0 Å². The van der Waals surface area contributed by atoms with E-state index in [0.717, 1.165) is 0 Å². The van der Waals surface area contributed by atoms with E-state index in [1.807, 2.05) is 12.1 Å².